The summed E-state index contributed by atoms with van der Waals surface area (Å²) < 4.78 is 11.2. The molecule has 0 atom stereocenters. The van der Waals surface area contributed by atoms with Crippen molar-refractivity contribution in [3.8, 4) is 11.5 Å². The van der Waals surface area contributed by atoms with E-state index in [2.05, 4.69) is 26.6 Å². The number of hydrogen-bond donors (Lipinski definition) is 2. The van der Waals surface area contributed by atoms with Crippen LogP contribution in [0.25, 0.3) is 0 Å². The van der Waals surface area contributed by atoms with E-state index in [9.17, 15) is 14.9 Å². The summed E-state index contributed by atoms with van der Waals surface area (Å²) in [5.74, 6) is 0.370. The molecule has 2 aromatic carbocycles. The molecule has 0 radical (unpaired) electrons. The predicted octanol–water partition coefficient (Wildman–Crippen LogP) is 4.47. The zero-order chi connectivity index (χ0) is 20.0. The number of benzene rings is 2. The van der Waals surface area contributed by atoms with Crippen LogP contribution < -0.4 is 20.1 Å². The Hall–Kier alpha value is -2.52. The molecular formula is C17H17BrClN3O5. The Morgan fingerprint density at radius 3 is 2.67 bits per heavy atom. The smallest absolute Gasteiger partial charge is 0.296 e. The molecule has 2 rings (SSSR count). The Morgan fingerprint density at radius 2 is 2.04 bits per heavy atom. The molecule has 0 bridgehead atoms. The van der Waals surface area contributed by atoms with Crippen LogP contribution in [0.4, 0.5) is 17.1 Å². The molecule has 0 saturated heterocycles. The van der Waals surface area contributed by atoms with Gasteiger partial charge in [-0.3, -0.25) is 14.9 Å². The maximum Gasteiger partial charge on any atom is 0.296 e. The van der Waals surface area contributed by atoms with Crippen LogP contribution in [0.3, 0.4) is 0 Å². The Bertz CT molecular complexity index is 863. The minimum absolute atomic E-state index is 0.0740. The minimum atomic E-state index is -0.590. The number of carbonyl (C=O) groups is 1. The zero-order valence-electron chi connectivity index (χ0n) is 14.5. The van der Waals surface area contributed by atoms with Crippen molar-refractivity contribution in [2.24, 2.45) is 0 Å². The van der Waals surface area contributed by atoms with Crippen LogP contribution in [0.2, 0.25) is 5.02 Å². The SMILES string of the molecule is CCOc1c(Br)cc(Cl)cc1NCC(=O)Nc1ccc(OC)cc1[N+](=O)[O-]. The van der Waals surface area contributed by atoms with E-state index in [1.165, 1.54) is 25.3 Å². The van der Waals surface area contributed by atoms with Crippen LogP contribution >= 0.6 is 27.5 Å². The van der Waals surface area contributed by atoms with Crippen LogP contribution in [0.15, 0.2) is 34.8 Å². The largest absolute Gasteiger partial charge is 0.496 e. The van der Waals surface area contributed by atoms with Crippen molar-refractivity contribution >= 4 is 50.5 Å². The maximum atomic E-state index is 12.2. The fraction of sp³-hybridized carbons (Fsp3) is 0.235. The van der Waals surface area contributed by atoms with Crippen LogP contribution in [0.1, 0.15) is 6.92 Å². The van der Waals surface area contributed by atoms with E-state index in [-0.39, 0.29) is 17.9 Å². The van der Waals surface area contributed by atoms with Gasteiger partial charge in [0.1, 0.15) is 11.4 Å². The van der Waals surface area contributed by atoms with Crippen molar-refractivity contribution in [1.29, 1.82) is 0 Å². The third-order valence-corrected chi connectivity index (χ3v) is 4.22. The lowest BCUT2D eigenvalue weighted by molar-refractivity contribution is -0.384. The topological polar surface area (TPSA) is 103 Å². The van der Waals surface area contributed by atoms with E-state index in [1.807, 2.05) is 6.92 Å². The normalized spacial score (nSPS) is 10.2. The number of anilines is 2. The molecule has 144 valence electrons. The molecule has 0 aliphatic rings. The highest BCUT2D eigenvalue weighted by Crippen LogP contribution is 2.36. The summed E-state index contributed by atoms with van der Waals surface area (Å²) in [6.07, 6.45) is 0. The summed E-state index contributed by atoms with van der Waals surface area (Å²) in [6.45, 7) is 2.12. The van der Waals surface area contributed by atoms with Crippen molar-refractivity contribution in [2.75, 3.05) is 30.9 Å². The lowest BCUT2D eigenvalue weighted by atomic mass is 10.2. The van der Waals surface area contributed by atoms with Crippen LogP contribution in [-0.2, 0) is 4.79 Å². The molecule has 0 heterocycles. The zero-order valence-corrected chi connectivity index (χ0v) is 16.9. The van der Waals surface area contributed by atoms with Crippen molar-refractivity contribution in [3.05, 3.63) is 49.9 Å². The highest BCUT2D eigenvalue weighted by atomic mass is 79.9. The lowest BCUT2D eigenvalue weighted by Crippen LogP contribution is -2.22. The highest BCUT2D eigenvalue weighted by molar-refractivity contribution is 9.10. The number of ether oxygens (including phenoxy) is 2. The highest BCUT2D eigenvalue weighted by Gasteiger charge is 2.18. The van der Waals surface area contributed by atoms with E-state index in [0.717, 1.165) is 0 Å². The van der Waals surface area contributed by atoms with E-state index in [0.29, 0.717) is 33.3 Å². The van der Waals surface area contributed by atoms with E-state index >= 15 is 0 Å². The Balaban J connectivity index is 2.13. The average Bonchev–Trinajstić information content (AvgIpc) is 2.62. The first-order valence-corrected chi connectivity index (χ1v) is 9.00. The van der Waals surface area contributed by atoms with Crippen LogP contribution in [0.5, 0.6) is 11.5 Å². The number of nitrogens with one attached hydrogen (secondary N) is 2. The second kappa shape index (κ2) is 9.43. The fourth-order valence-electron chi connectivity index (χ4n) is 2.25. The summed E-state index contributed by atoms with van der Waals surface area (Å²) in [6, 6.07) is 7.48. The van der Waals surface area contributed by atoms with E-state index in [4.69, 9.17) is 21.1 Å². The van der Waals surface area contributed by atoms with Gasteiger partial charge < -0.3 is 20.1 Å². The van der Waals surface area contributed by atoms with Crippen molar-refractivity contribution in [2.45, 2.75) is 6.92 Å². The fourth-order valence-corrected chi connectivity index (χ4v) is 3.17. The predicted molar refractivity (Wildman–Crippen MR) is 107 cm³/mol. The number of nitro groups is 1. The van der Waals surface area contributed by atoms with Gasteiger partial charge in [-0.2, -0.15) is 0 Å². The molecular weight excluding hydrogens is 442 g/mol. The molecule has 1 amide bonds. The number of halogens is 2. The molecule has 8 nitrogen and oxygen atoms in total. The summed E-state index contributed by atoms with van der Waals surface area (Å²) in [7, 11) is 1.40. The minimum Gasteiger partial charge on any atom is -0.496 e. The van der Waals surface area contributed by atoms with Crippen molar-refractivity contribution in [1.82, 2.24) is 0 Å². The standard InChI is InChI=1S/C17H17BrClN3O5/c1-3-27-17-12(18)6-10(19)7-14(17)20-9-16(23)21-13-5-4-11(26-2)8-15(13)22(24)25/h4-8,20H,3,9H2,1-2H3,(H,21,23). The molecule has 2 aromatic rings. The van der Waals surface area contributed by atoms with Gasteiger partial charge in [0, 0.05) is 5.02 Å². The Morgan fingerprint density at radius 1 is 1.30 bits per heavy atom. The number of nitrogens with zero attached hydrogens (tertiary/aromatic N) is 1. The number of nitro benzene ring substituents is 1. The lowest BCUT2D eigenvalue weighted by Gasteiger charge is -2.14. The molecule has 0 fully saturated rings. The quantitative estimate of drug-likeness (QED) is 0.447. The average molecular weight is 459 g/mol. The maximum absolute atomic E-state index is 12.2. The molecule has 0 unspecified atom stereocenters. The summed E-state index contributed by atoms with van der Waals surface area (Å²) in [5, 5.41) is 17.1. The van der Waals surface area contributed by atoms with Gasteiger partial charge in [0.15, 0.2) is 5.75 Å². The van der Waals surface area contributed by atoms with Gasteiger partial charge in [0.25, 0.3) is 5.69 Å². The summed E-state index contributed by atoms with van der Waals surface area (Å²) in [5.41, 5.74) is 0.337. The molecule has 0 saturated carbocycles. The van der Waals surface area contributed by atoms with Crippen LogP contribution in [-0.4, -0.2) is 31.1 Å². The molecule has 10 heteroatoms. The number of amides is 1. The van der Waals surface area contributed by atoms with E-state index < -0.39 is 10.8 Å². The number of methoxy groups -OCH3 is 1. The number of rotatable bonds is 8. The van der Waals surface area contributed by atoms with Gasteiger partial charge in [-0.1, -0.05) is 11.6 Å². The van der Waals surface area contributed by atoms with Gasteiger partial charge in [0.05, 0.1) is 41.4 Å². The third kappa shape index (κ3) is 5.48. The molecule has 2 N–H and O–H groups in total. The number of carbonyl (C=O) groups excluding carboxylic acids is 1. The van der Waals surface area contributed by atoms with E-state index in [1.54, 1.807) is 12.1 Å². The monoisotopic (exact) mass is 457 g/mol. The molecule has 0 aliphatic heterocycles. The second-order valence-corrected chi connectivity index (χ2v) is 6.53. The van der Waals surface area contributed by atoms with Crippen molar-refractivity contribution in [3.63, 3.8) is 0 Å². The van der Waals surface area contributed by atoms with Gasteiger partial charge >= 0.3 is 0 Å². The third-order valence-electron chi connectivity index (χ3n) is 3.41. The Labute approximate surface area is 169 Å². The van der Waals surface area contributed by atoms with Crippen LogP contribution in [0, 0.1) is 10.1 Å². The van der Waals surface area contributed by atoms with Crippen molar-refractivity contribution < 1.29 is 19.2 Å². The van der Waals surface area contributed by atoms with Gasteiger partial charge in [-0.05, 0) is 47.1 Å². The molecule has 0 spiro atoms. The Kier molecular flexibility index (Phi) is 7.26. The number of hydrogen-bond acceptors (Lipinski definition) is 6. The summed E-state index contributed by atoms with van der Waals surface area (Å²) >= 11 is 9.40. The first kappa shape index (κ1) is 20.8. The van der Waals surface area contributed by atoms with Gasteiger partial charge in [0.2, 0.25) is 5.91 Å². The molecule has 0 aliphatic carbocycles. The summed E-state index contributed by atoms with van der Waals surface area (Å²) in [4.78, 5) is 22.8. The molecule has 27 heavy (non-hydrogen) atoms. The van der Waals surface area contributed by atoms with Gasteiger partial charge in [-0.25, -0.2) is 0 Å². The van der Waals surface area contributed by atoms with Gasteiger partial charge in [-0.15, -0.1) is 0 Å². The second-order valence-electron chi connectivity index (χ2n) is 5.24. The first-order chi connectivity index (χ1) is 12.8. The molecule has 0 aromatic heterocycles. The first-order valence-electron chi connectivity index (χ1n) is 7.83.